The Balaban J connectivity index is 2.83. The van der Waals surface area contributed by atoms with Gasteiger partial charge in [0.15, 0.2) is 0 Å². The van der Waals surface area contributed by atoms with E-state index in [2.05, 4.69) is 11.2 Å². The van der Waals surface area contributed by atoms with Crippen LogP contribution in [-0.2, 0) is 0 Å². The Morgan fingerprint density at radius 2 is 2.18 bits per heavy atom. The molecule has 0 bridgehead atoms. The van der Waals surface area contributed by atoms with E-state index in [0.29, 0.717) is 0 Å². The smallest absolute Gasteiger partial charge is 0.0971 e. The van der Waals surface area contributed by atoms with E-state index in [1.54, 1.807) is 6.20 Å². The number of benzene rings is 1. The molecule has 11 heavy (non-hydrogen) atoms. The Bertz CT molecular complexity index is 384. The zero-order valence-corrected chi connectivity index (χ0v) is 6.47. The van der Waals surface area contributed by atoms with Gasteiger partial charge in [-0.3, -0.25) is 4.98 Å². The Hall–Kier alpha value is -1.08. The molecule has 0 N–H and O–H groups in total. The van der Waals surface area contributed by atoms with Crippen molar-refractivity contribution in [1.29, 1.82) is 0 Å². The SMILES string of the molecule is Clc1ccc2ccn[c]c2c1. The molecule has 0 atom stereocenters. The standard InChI is InChI=1S/C9H5ClN/c10-9-2-1-7-3-4-11-6-8(7)5-9/h1-5H. The van der Waals surface area contributed by atoms with Crippen LogP contribution in [0.2, 0.25) is 5.02 Å². The summed E-state index contributed by atoms with van der Waals surface area (Å²) in [5.41, 5.74) is 0. The number of hydrogen-bond donors (Lipinski definition) is 0. The summed E-state index contributed by atoms with van der Waals surface area (Å²) in [4.78, 5) is 3.87. The van der Waals surface area contributed by atoms with Crippen LogP contribution < -0.4 is 0 Å². The summed E-state index contributed by atoms with van der Waals surface area (Å²) in [6.45, 7) is 0. The average molecular weight is 163 g/mol. The van der Waals surface area contributed by atoms with E-state index in [1.807, 2.05) is 24.3 Å². The zero-order valence-electron chi connectivity index (χ0n) is 5.71. The number of nitrogens with zero attached hydrogens (tertiary/aromatic N) is 1. The first kappa shape index (κ1) is 6.62. The van der Waals surface area contributed by atoms with Gasteiger partial charge in [-0.05, 0) is 23.6 Å². The Morgan fingerprint density at radius 1 is 1.27 bits per heavy atom. The van der Waals surface area contributed by atoms with Crippen molar-refractivity contribution in [3.63, 3.8) is 0 Å². The van der Waals surface area contributed by atoms with E-state index in [1.165, 1.54) is 0 Å². The summed E-state index contributed by atoms with van der Waals surface area (Å²) in [6.07, 6.45) is 4.58. The lowest BCUT2D eigenvalue weighted by Crippen LogP contribution is -1.74. The van der Waals surface area contributed by atoms with E-state index in [4.69, 9.17) is 11.6 Å². The van der Waals surface area contributed by atoms with E-state index < -0.39 is 0 Å². The Labute approximate surface area is 69.6 Å². The number of hydrogen-bond acceptors (Lipinski definition) is 1. The lowest BCUT2D eigenvalue weighted by atomic mass is 10.2. The van der Waals surface area contributed by atoms with Crippen LogP contribution in [0.1, 0.15) is 0 Å². The van der Waals surface area contributed by atoms with Crippen molar-refractivity contribution in [3.8, 4) is 0 Å². The number of halogens is 1. The van der Waals surface area contributed by atoms with Crippen LogP contribution in [0.15, 0.2) is 30.5 Å². The number of aromatic nitrogens is 1. The summed E-state index contributed by atoms with van der Waals surface area (Å²) in [5, 5.41) is 2.80. The molecule has 0 unspecified atom stereocenters. The summed E-state index contributed by atoms with van der Waals surface area (Å²) in [5.74, 6) is 0. The van der Waals surface area contributed by atoms with Crippen LogP contribution >= 0.6 is 11.6 Å². The molecule has 0 aliphatic carbocycles. The molecular formula is C9H5ClN. The molecule has 0 saturated carbocycles. The lowest BCUT2D eigenvalue weighted by molar-refractivity contribution is 1.35. The van der Waals surface area contributed by atoms with Gasteiger partial charge in [-0.1, -0.05) is 17.7 Å². The molecule has 0 aliphatic heterocycles. The van der Waals surface area contributed by atoms with Crippen LogP contribution in [0.4, 0.5) is 0 Å². The molecule has 1 nitrogen and oxygen atoms in total. The topological polar surface area (TPSA) is 12.9 Å². The van der Waals surface area contributed by atoms with E-state index >= 15 is 0 Å². The maximum absolute atomic E-state index is 5.77. The fourth-order valence-electron chi connectivity index (χ4n) is 0.995. The third-order valence-electron chi connectivity index (χ3n) is 1.53. The highest BCUT2D eigenvalue weighted by Crippen LogP contribution is 2.16. The molecule has 1 aromatic heterocycles. The predicted molar refractivity (Wildman–Crippen MR) is 45.6 cm³/mol. The summed E-state index contributed by atoms with van der Waals surface area (Å²) in [7, 11) is 0. The maximum Gasteiger partial charge on any atom is 0.0971 e. The molecule has 1 heterocycles. The predicted octanol–water partition coefficient (Wildman–Crippen LogP) is 2.69. The van der Waals surface area contributed by atoms with Gasteiger partial charge in [0.25, 0.3) is 0 Å². The molecular weight excluding hydrogens is 158 g/mol. The molecule has 2 rings (SSSR count). The molecule has 2 heteroatoms. The normalized spacial score (nSPS) is 10.3. The third kappa shape index (κ3) is 1.19. The molecule has 1 radical (unpaired) electrons. The minimum atomic E-state index is 0.724. The largest absolute Gasteiger partial charge is 0.254 e. The fraction of sp³-hybridized carbons (Fsp3) is 0. The van der Waals surface area contributed by atoms with E-state index in [9.17, 15) is 0 Å². The van der Waals surface area contributed by atoms with Crippen molar-refractivity contribution < 1.29 is 0 Å². The maximum atomic E-state index is 5.77. The highest BCUT2D eigenvalue weighted by atomic mass is 35.5. The van der Waals surface area contributed by atoms with Gasteiger partial charge in [0.05, 0.1) is 6.20 Å². The molecule has 0 saturated heterocycles. The first-order valence-corrected chi connectivity index (χ1v) is 3.66. The molecule has 53 valence electrons. The molecule has 1 aromatic carbocycles. The first-order valence-electron chi connectivity index (χ1n) is 3.28. The van der Waals surface area contributed by atoms with Crippen LogP contribution in [0, 0.1) is 6.20 Å². The lowest BCUT2D eigenvalue weighted by Gasteiger charge is -1.94. The van der Waals surface area contributed by atoms with Crippen molar-refractivity contribution in [2.45, 2.75) is 0 Å². The number of rotatable bonds is 0. The molecule has 0 aliphatic rings. The monoisotopic (exact) mass is 162 g/mol. The molecule has 2 aromatic rings. The Morgan fingerprint density at radius 3 is 3.09 bits per heavy atom. The zero-order chi connectivity index (χ0) is 7.68. The molecule has 0 fully saturated rings. The van der Waals surface area contributed by atoms with Gasteiger partial charge in [0, 0.05) is 16.6 Å². The van der Waals surface area contributed by atoms with Crippen LogP contribution in [0.5, 0.6) is 0 Å². The van der Waals surface area contributed by atoms with Gasteiger partial charge >= 0.3 is 0 Å². The van der Waals surface area contributed by atoms with Crippen LogP contribution in [0.25, 0.3) is 10.8 Å². The average Bonchev–Trinajstić information content (AvgIpc) is 2.04. The van der Waals surface area contributed by atoms with Gasteiger partial charge in [-0.15, -0.1) is 0 Å². The van der Waals surface area contributed by atoms with Crippen LogP contribution in [-0.4, -0.2) is 4.98 Å². The summed E-state index contributed by atoms with van der Waals surface area (Å²) < 4.78 is 0. The highest BCUT2D eigenvalue weighted by Gasteiger charge is 1.92. The van der Waals surface area contributed by atoms with Gasteiger partial charge in [0.1, 0.15) is 0 Å². The Kier molecular flexibility index (Phi) is 1.51. The second kappa shape index (κ2) is 2.51. The van der Waals surface area contributed by atoms with Gasteiger partial charge in [0.2, 0.25) is 0 Å². The van der Waals surface area contributed by atoms with E-state index in [-0.39, 0.29) is 0 Å². The molecule has 0 spiro atoms. The van der Waals surface area contributed by atoms with Gasteiger partial charge in [-0.2, -0.15) is 0 Å². The highest BCUT2D eigenvalue weighted by molar-refractivity contribution is 6.31. The van der Waals surface area contributed by atoms with Crippen molar-refractivity contribution in [1.82, 2.24) is 4.98 Å². The number of fused-ring (bicyclic) bond motifs is 1. The van der Waals surface area contributed by atoms with Crippen molar-refractivity contribution in [2.24, 2.45) is 0 Å². The fourth-order valence-corrected chi connectivity index (χ4v) is 1.17. The van der Waals surface area contributed by atoms with Gasteiger partial charge < -0.3 is 0 Å². The summed E-state index contributed by atoms with van der Waals surface area (Å²) >= 11 is 5.77. The van der Waals surface area contributed by atoms with Crippen molar-refractivity contribution in [3.05, 3.63) is 41.7 Å². The minimum Gasteiger partial charge on any atom is -0.254 e. The number of pyridine rings is 1. The second-order valence-electron chi connectivity index (χ2n) is 2.29. The minimum absolute atomic E-state index is 0.724. The van der Waals surface area contributed by atoms with E-state index in [0.717, 1.165) is 15.8 Å². The quantitative estimate of drug-likeness (QED) is 0.581. The second-order valence-corrected chi connectivity index (χ2v) is 2.72. The third-order valence-corrected chi connectivity index (χ3v) is 1.76. The molecule has 0 amide bonds. The van der Waals surface area contributed by atoms with Crippen molar-refractivity contribution in [2.75, 3.05) is 0 Å². The summed E-state index contributed by atoms with van der Waals surface area (Å²) in [6, 6.07) is 7.60. The first-order chi connectivity index (χ1) is 5.36. The van der Waals surface area contributed by atoms with Crippen molar-refractivity contribution >= 4 is 22.4 Å². The van der Waals surface area contributed by atoms with Crippen LogP contribution in [0.3, 0.4) is 0 Å². The van der Waals surface area contributed by atoms with Gasteiger partial charge in [-0.25, -0.2) is 0 Å².